The molecule has 1 aliphatic rings. The maximum Gasteiger partial charge on any atom is 0.0622 e. The Morgan fingerprint density at radius 1 is 1.54 bits per heavy atom. The first-order chi connectivity index (χ1) is 6.43. The molecule has 0 N–H and O–H groups in total. The summed E-state index contributed by atoms with van der Waals surface area (Å²) in [5.41, 5.74) is 0. The third kappa shape index (κ3) is 4.87. The summed E-state index contributed by atoms with van der Waals surface area (Å²) < 4.78 is 10.8. The average Bonchev–Trinajstić information content (AvgIpc) is 2.19. The molecule has 13 heavy (non-hydrogen) atoms. The molecule has 0 spiro atoms. The van der Waals surface area contributed by atoms with Crippen LogP contribution in [0.5, 0.6) is 0 Å². The van der Waals surface area contributed by atoms with E-state index < -0.39 is 0 Å². The van der Waals surface area contributed by atoms with Gasteiger partial charge in [-0.05, 0) is 19.3 Å². The average molecular weight is 183 g/mol. The van der Waals surface area contributed by atoms with Crippen LogP contribution in [0.1, 0.15) is 25.7 Å². The molecule has 1 saturated heterocycles. The van der Waals surface area contributed by atoms with Crippen molar-refractivity contribution in [2.24, 2.45) is 5.92 Å². The summed E-state index contributed by atoms with van der Waals surface area (Å²) in [6.07, 6.45) is 3.83. The molecule has 0 aromatic carbocycles. The number of nitriles is 1. The number of hydrogen-bond donors (Lipinski definition) is 0. The molecule has 0 aliphatic carbocycles. The molecule has 0 radical (unpaired) electrons. The maximum absolute atomic E-state index is 8.29. The Kier molecular flexibility index (Phi) is 5.55. The lowest BCUT2D eigenvalue weighted by Crippen LogP contribution is -2.22. The molecule has 1 unspecified atom stereocenters. The zero-order chi connectivity index (χ0) is 9.36. The van der Waals surface area contributed by atoms with Crippen LogP contribution in [0.15, 0.2) is 0 Å². The lowest BCUT2D eigenvalue weighted by molar-refractivity contribution is 0.00550. The Morgan fingerprint density at radius 2 is 2.46 bits per heavy atom. The summed E-state index contributed by atoms with van der Waals surface area (Å²) in [6, 6.07) is 2.10. The molecule has 0 saturated carbocycles. The molecule has 1 heterocycles. The van der Waals surface area contributed by atoms with Gasteiger partial charge in [0, 0.05) is 25.6 Å². The quantitative estimate of drug-likeness (QED) is 0.609. The zero-order valence-electron chi connectivity index (χ0n) is 8.00. The molecule has 3 nitrogen and oxygen atoms in total. The molecule has 0 amide bonds. The third-order valence-electron chi connectivity index (χ3n) is 2.19. The minimum atomic E-state index is 0.579. The van der Waals surface area contributed by atoms with E-state index >= 15 is 0 Å². The second kappa shape index (κ2) is 6.88. The summed E-state index contributed by atoms with van der Waals surface area (Å²) in [5, 5.41) is 8.29. The molecular formula is C10H17NO2. The van der Waals surface area contributed by atoms with Crippen molar-refractivity contribution in [3.8, 4) is 6.07 Å². The van der Waals surface area contributed by atoms with Gasteiger partial charge in [-0.2, -0.15) is 5.26 Å². The van der Waals surface area contributed by atoms with Crippen molar-refractivity contribution in [3.05, 3.63) is 0 Å². The van der Waals surface area contributed by atoms with Crippen LogP contribution in [0, 0.1) is 17.2 Å². The highest BCUT2D eigenvalue weighted by atomic mass is 16.5. The minimum absolute atomic E-state index is 0.579. The standard InChI is InChI=1S/C10H17NO2/c11-5-1-2-6-12-8-10-4-3-7-13-9-10/h10H,1-4,6-9H2. The van der Waals surface area contributed by atoms with Crippen LogP contribution in [0.2, 0.25) is 0 Å². The van der Waals surface area contributed by atoms with E-state index in [4.69, 9.17) is 14.7 Å². The number of ether oxygens (including phenoxy) is 2. The monoisotopic (exact) mass is 183 g/mol. The molecule has 0 aromatic heterocycles. The van der Waals surface area contributed by atoms with E-state index in [1.54, 1.807) is 0 Å². The molecule has 1 fully saturated rings. The first-order valence-corrected chi connectivity index (χ1v) is 4.96. The van der Waals surface area contributed by atoms with Gasteiger partial charge in [0.25, 0.3) is 0 Å². The first-order valence-electron chi connectivity index (χ1n) is 4.96. The molecule has 74 valence electrons. The number of hydrogen-bond acceptors (Lipinski definition) is 3. The van der Waals surface area contributed by atoms with Crippen molar-refractivity contribution >= 4 is 0 Å². The van der Waals surface area contributed by atoms with E-state index in [2.05, 4.69) is 6.07 Å². The van der Waals surface area contributed by atoms with Crippen molar-refractivity contribution in [3.63, 3.8) is 0 Å². The Morgan fingerprint density at radius 3 is 3.15 bits per heavy atom. The molecule has 1 aliphatic heterocycles. The van der Waals surface area contributed by atoms with Gasteiger partial charge in [0.05, 0.1) is 19.3 Å². The van der Waals surface area contributed by atoms with E-state index in [9.17, 15) is 0 Å². The second-order valence-electron chi connectivity index (χ2n) is 3.42. The van der Waals surface area contributed by atoms with Crippen molar-refractivity contribution in [2.45, 2.75) is 25.7 Å². The largest absolute Gasteiger partial charge is 0.381 e. The van der Waals surface area contributed by atoms with Crippen molar-refractivity contribution in [1.29, 1.82) is 5.26 Å². The van der Waals surface area contributed by atoms with Gasteiger partial charge in [-0.3, -0.25) is 0 Å². The maximum atomic E-state index is 8.29. The number of rotatable bonds is 5. The SMILES string of the molecule is N#CCCCOCC1CCCOC1. The topological polar surface area (TPSA) is 42.2 Å². The molecule has 1 rings (SSSR count). The summed E-state index contributed by atoms with van der Waals surface area (Å²) in [7, 11) is 0. The highest BCUT2D eigenvalue weighted by Crippen LogP contribution is 2.13. The van der Waals surface area contributed by atoms with Gasteiger partial charge in [-0.1, -0.05) is 0 Å². The van der Waals surface area contributed by atoms with E-state index in [0.29, 0.717) is 18.9 Å². The fourth-order valence-corrected chi connectivity index (χ4v) is 1.44. The molecule has 1 atom stereocenters. The number of unbranched alkanes of at least 4 members (excludes halogenated alkanes) is 1. The van der Waals surface area contributed by atoms with Gasteiger partial charge < -0.3 is 9.47 Å². The highest BCUT2D eigenvalue weighted by Gasteiger charge is 2.13. The van der Waals surface area contributed by atoms with Crippen molar-refractivity contribution < 1.29 is 9.47 Å². The predicted octanol–water partition coefficient (Wildman–Crippen LogP) is 1.73. The van der Waals surface area contributed by atoms with Crippen LogP contribution >= 0.6 is 0 Å². The first kappa shape index (κ1) is 10.5. The van der Waals surface area contributed by atoms with Gasteiger partial charge in [0.1, 0.15) is 0 Å². The summed E-state index contributed by atoms with van der Waals surface area (Å²) in [6.45, 7) is 3.26. The lowest BCUT2D eigenvalue weighted by atomic mass is 10.0. The van der Waals surface area contributed by atoms with E-state index in [1.807, 2.05) is 0 Å². The van der Waals surface area contributed by atoms with Crippen LogP contribution < -0.4 is 0 Å². The fraction of sp³-hybridized carbons (Fsp3) is 0.900. The van der Waals surface area contributed by atoms with Crippen molar-refractivity contribution in [1.82, 2.24) is 0 Å². The Bertz CT molecular complexity index is 159. The Balaban J connectivity index is 1.90. The lowest BCUT2D eigenvalue weighted by Gasteiger charge is -2.21. The van der Waals surface area contributed by atoms with Gasteiger partial charge in [-0.15, -0.1) is 0 Å². The second-order valence-corrected chi connectivity index (χ2v) is 3.42. The van der Waals surface area contributed by atoms with Crippen LogP contribution in [0.25, 0.3) is 0 Å². The predicted molar refractivity (Wildman–Crippen MR) is 49.2 cm³/mol. The minimum Gasteiger partial charge on any atom is -0.381 e. The van der Waals surface area contributed by atoms with Gasteiger partial charge in [-0.25, -0.2) is 0 Å². The van der Waals surface area contributed by atoms with Crippen LogP contribution in [0.3, 0.4) is 0 Å². The fourth-order valence-electron chi connectivity index (χ4n) is 1.44. The Labute approximate surface area is 79.6 Å². The molecular weight excluding hydrogens is 166 g/mol. The van der Waals surface area contributed by atoms with E-state index in [1.165, 1.54) is 6.42 Å². The van der Waals surface area contributed by atoms with Crippen LogP contribution in [-0.4, -0.2) is 26.4 Å². The zero-order valence-corrected chi connectivity index (χ0v) is 8.00. The van der Waals surface area contributed by atoms with Crippen molar-refractivity contribution in [2.75, 3.05) is 26.4 Å². The van der Waals surface area contributed by atoms with E-state index in [-0.39, 0.29) is 0 Å². The normalized spacial score (nSPS) is 22.5. The molecule has 3 heteroatoms. The Hall–Kier alpha value is -0.590. The van der Waals surface area contributed by atoms with Gasteiger partial charge in [0.15, 0.2) is 0 Å². The third-order valence-corrected chi connectivity index (χ3v) is 2.19. The number of nitrogens with zero attached hydrogens (tertiary/aromatic N) is 1. The smallest absolute Gasteiger partial charge is 0.0622 e. The summed E-state index contributed by atoms with van der Waals surface area (Å²) in [5.74, 6) is 0.579. The highest BCUT2D eigenvalue weighted by molar-refractivity contribution is 4.68. The molecule has 0 bridgehead atoms. The van der Waals surface area contributed by atoms with Crippen LogP contribution in [0.4, 0.5) is 0 Å². The van der Waals surface area contributed by atoms with Gasteiger partial charge >= 0.3 is 0 Å². The molecule has 0 aromatic rings. The summed E-state index contributed by atoms with van der Waals surface area (Å²) >= 11 is 0. The van der Waals surface area contributed by atoms with E-state index in [0.717, 1.165) is 32.7 Å². The van der Waals surface area contributed by atoms with Gasteiger partial charge in [0.2, 0.25) is 0 Å². The van der Waals surface area contributed by atoms with Crippen LogP contribution in [-0.2, 0) is 9.47 Å². The summed E-state index contributed by atoms with van der Waals surface area (Å²) in [4.78, 5) is 0.